The Morgan fingerprint density at radius 2 is 1.60 bits per heavy atom. The van der Waals surface area contributed by atoms with Crippen LogP contribution >= 0.6 is 0 Å². The van der Waals surface area contributed by atoms with Crippen molar-refractivity contribution in [3.63, 3.8) is 0 Å². The lowest BCUT2D eigenvalue weighted by atomic mass is 10.2. The van der Waals surface area contributed by atoms with E-state index in [1.165, 1.54) is 44.4 Å². The van der Waals surface area contributed by atoms with Crippen molar-refractivity contribution in [2.45, 2.75) is 11.8 Å². The van der Waals surface area contributed by atoms with Crippen LogP contribution in [-0.4, -0.2) is 33.8 Å². The quantitative estimate of drug-likeness (QED) is 0.457. The standard InChI is InChI=1S/C17H17NO6S/c1-12(19)13-7-9-14(10-8-13)25(21,22)18-11-17(20)24-16-6-4-3-5-15(16)23-2/h3-10,18H,11H2,1-2H3. The molecule has 0 unspecified atom stereocenters. The van der Waals surface area contributed by atoms with Crippen LogP contribution in [0.1, 0.15) is 17.3 Å². The lowest BCUT2D eigenvalue weighted by Crippen LogP contribution is -2.32. The van der Waals surface area contributed by atoms with Gasteiger partial charge in [-0.05, 0) is 31.2 Å². The van der Waals surface area contributed by atoms with Gasteiger partial charge in [0.25, 0.3) is 0 Å². The summed E-state index contributed by atoms with van der Waals surface area (Å²) in [5.41, 5.74) is 0.398. The summed E-state index contributed by atoms with van der Waals surface area (Å²) < 4.78 is 36.6. The zero-order valence-electron chi connectivity index (χ0n) is 13.7. The van der Waals surface area contributed by atoms with Gasteiger partial charge in [-0.3, -0.25) is 9.59 Å². The minimum absolute atomic E-state index is 0.0532. The van der Waals surface area contributed by atoms with Crippen molar-refractivity contribution < 1.29 is 27.5 Å². The average Bonchev–Trinajstić information content (AvgIpc) is 2.60. The van der Waals surface area contributed by atoms with Crippen LogP contribution in [0.3, 0.4) is 0 Å². The van der Waals surface area contributed by atoms with Crippen molar-refractivity contribution >= 4 is 21.8 Å². The van der Waals surface area contributed by atoms with E-state index in [1.54, 1.807) is 18.2 Å². The fraction of sp³-hybridized carbons (Fsp3) is 0.176. The van der Waals surface area contributed by atoms with E-state index in [0.29, 0.717) is 11.3 Å². The molecule has 0 amide bonds. The van der Waals surface area contributed by atoms with E-state index in [1.807, 2.05) is 0 Å². The molecule has 0 fully saturated rings. The second-order valence-corrected chi connectivity index (χ2v) is 6.80. The number of sulfonamides is 1. The number of ketones is 1. The average molecular weight is 363 g/mol. The van der Waals surface area contributed by atoms with Gasteiger partial charge < -0.3 is 9.47 Å². The Kier molecular flexibility index (Phi) is 5.89. The minimum atomic E-state index is -3.90. The van der Waals surface area contributed by atoms with Crippen molar-refractivity contribution in [3.05, 3.63) is 54.1 Å². The number of hydrogen-bond acceptors (Lipinski definition) is 6. The Bertz CT molecular complexity index is 874. The van der Waals surface area contributed by atoms with Gasteiger partial charge in [-0.1, -0.05) is 24.3 Å². The van der Waals surface area contributed by atoms with E-state index in [9.17, 15) is 18.0 Å². The fourth-order valence-electron chi connectivity index (χ4n) is 1.97. The Morgan fingerprint density at radius 3 is 2.16 bits per heavy atom. The molecular weight excluding hydrogens is 346 g/mol. The first-order valence-corrected chi connectivity index (χ1v) is 8.76. The van der Waals surface area contributed by atoms with Gasteiger partial charge in [0, 0.05) is 5.56 Å². The lowest BCUT2D eigenvalue weighted by Gasteiger charge is -2.10. The molecule has 0 aliphatic rings. The van der Waals surface area contributed by atoms with Gasteiger partial charge in [0.2, 0.25) is 10.0 Å². The largest absolute Gasteiger partial charge is 0.493 e. The molecule has 0 aliphatic carbocycles. The van der Waals surface area contributed by atoms with Crippen molar-refractivity contribution in [2.24, 2.45) is 0 Å². The molecule has 0 bridgehead atoms. The molecule has 1 N–H and O–H groups in total. The molecule has 2 rings (SSSR count). The number of carbonyl (C=O) groups is 2. The van der Waals surface area contributed by atoms with Crippen LogP contribution in [0.4, 0.5) is 0 Å². The van der Waals surface area contributed by atoms with Gasteiger partial charge >= 0.3 is 5.97 Å². The number of benzene rings is 2. The molecule has 132 valence electrons. The van der Waals surface area contributed by atoms with Crippen molar-refractivity contribution in [2.75, 3.05) is 13.7 Å². The first-order valence-electron chi connectivity index (χ1n) is 7.28. The number of ether oxygens (including phenoxy) is 2. The molecule has 0 saturated carbocycles. The maximum atomic E-state index is 12.2. The highest BCUT2D eigenvalue weighted by molar-refractivity contribution is 7.89. The Hall–Kier alpha value is -2.71. The van der Waals surface area contributed by atoms with Gasteiger partial charge in [-0.2, -0.15) is 4.72 Å². The molecule has 2 aromatic rings. The number of carbonyl (C=O) groups excluding carboxylic acids is 2. The third-order valence-corrected chi connectivity index (χ3v) is 4.69. The van der Waals surface area contributed by atoms with Crippen LogP contribution in [0.2, 0.25) is 0 Å². The topological polar surface area (TPSA) is 98.8 Å². The summed E-state index contributed by atoms with van der Waals surface area (Å²) in [6.07, 6.45) is 0. The van der Waals surface area contributed by atoms with Crippen LogP contribution < -0.4 is 14.2 Å². The first-order chi connectivity index (χ1) is 11.8. The van der Waals surface area contributed by atoms with Crippen molar-refractivity contribution in [1.29, 1.82) is 0 Å². The number of esters is 1. The zero-order valence-corrected chi connectivity index (χ0v) is 14.5. The SMILES string of the molecule is COc1ccccc1OC(=O)CNS(=O)(=O)c1ccc(C(C)=O)cc1. The molecule has 0 aromatic heterocycles. The van der Waals surface area contributed by atoms with Gasteiger partial charge in [0.05, 0.1) is 12.0 Å². The van der Waals surface area contributed by atoms with Crippen LogP contribution in [0.15, 0.2) is 53.4 Å². The number of methoxy groups -OCH3 is 1. The molecule has 0 aliphatic heterocycles. The number of Topliss-reactive ketones (excluding diaryl/α,β-unsaturated/α-hetero) is 1. The van der Waals surface area contributed by atoms with Crippen LogP contribution in [0, 0.1) is 0 Å². The summed E-state index contributed by atoms with van der Waals surface area (Å²) in [5, 5.41) is 0. The zero-order chi connectivity index (χ0) is 18.4. The Morgan fingerprint density at radius 1 is 1.00 bits per heavy atom. The summed E-state index contributed by atoms with van der Waals surface area (Å²) in [5.74, 6) is -0.399. The normalized spacial score (nSPS) is 11.0. The lowest BCUT2D eigenvalue weighted by molar-refractivity contribution is -0.133. The summed E-state index contributed by atoms with van der Waals surface area (Å²) in [6.45, 7) is 0.838. The Balaban J connectivity index is 2.01. The minimum Gasteiger partial charge on any atom is -0.493 e. The molecular formula is C17H17NO6S. The molecule has 7 nitrogen and oxygen atoms in total. The molecule has 8 heteroatoms. The van der Waals surface area contributed by atoms with E-state index in [4.69, 9.17) is 9.47 Å². The van der Waals surface area contributed by atoms with E-state index in [2.05, 4.69) is 4.72 Å². The van der Waals surface area contributed by atoms with Crippen molar-refractivity contribution in [1.82, 2.24) is 4.72 Å². The highest BCUT2D eigenvalue weighted by Crippen LogP contribution is 2.25. The monoisotopic (exact) mass is 363 g/mol. The van der Waals surface area contributed by atoms with Crippen LogP contribution in [0.5, 0.6) is 11.5 Å². The highest BCUT2D eigenvalue weighted by Gasteiger charge is 2.17. The van der Waals surface area contributed by atoms with E-state index in [-0.39, 0.29) is 16.4 Å². The fourth-order valence-corrected chi connectivity index (χ4v) is 2.94. The maximum Gasteiger partial charge on any atom is 0.326 e. The molecule has 0 atom stereocenters. The third-order valence-electron chi connectivity index (χ3n) is 3.27. The van der Waals surface area contributed by atoms with Gasteiger partial charge in [-0.15, -0.1) is 0 Å². The second-order valence-electron chi connectivity index (χ2n) is 5.03. The Labute approximate surface area is 145 Å². The van der Waals surface area contributed by atoms with Crippen molar-refractivity contribution in [3.8, 4) is 11.5 Å². The highest BCUT2D eigenvalue weighted by atomic mass is 32.2. The first kappa shape index (κ1) is 18.6. The van der Waals surface area contributed by atoms with E-state index >= 15 is 0 Å². The smallest absolute Gasteiger partial charge is 0.326 e. The number of hydrogen-bond donors (Lipinski definition) is 1. The molecule has 2 aromatic carbocycles. The summed E-state index contributed by atoms with van der Waals surface area (Å²) in [6, 6.07) is 11.9. The number of rotatable bonds is 7. The molecule has 0 spiro atoms. The molecule has 0 radical (unpaired) electrons. The molecule has 0 heterocycles. The van der Waals surface area contributed by atoms with Gasteiger partial charge in [-0.25, -0.2) is 8.42 Å². The maximum absolute atomic E-state index is 12.2. The van der Waals surface area contributed by atoms with Gasteiger partial charge in [0.15, 0.2) is 17.3 Å². The van der Waals surface area contributed by atoms with E-state index < -0.39 is 22.5 Å². The second kappa shape index (κ2) is 7.91. The summed E-state index contributed by atoms with van der Waals surface area (Å²) >= 11 is 0. The predicted octanol–water partition coefficient (Wildman–Crippen LogP) is 1.78. The summed E-state index contributed by atoms with van der Waals surface area (Å²) in [4.78, 5) is 23.0. The van der Waals surface area contributed by atoms with E-state index in [0.717, 1.165) is 0 Å². The summed E-state index contributed by atoms with van der Waals surface area (Å²) in [7, 11) is -2.47. The molecule has 0 saturated heterocycles. The third kappa shape index (κ3) is 4.88. The number of nitrogens with one attached hydrogen (secondary N) is 1. The van der Waals surface area contributed by atoms with Crippen LogP contribution in [-0.2, 0) is 14.8 Å². The van der Waals surface area contributed by atoms with Gasteiger partial charge in [0.1, 0.15) is 6.54 Å². The number of para-hydroxylation sites is 2. The van der Waals surface area contributed by atoms with Crippen LogP contribution in [0.25, 0.3) is 0 Å². The predicted molar refractivity (Wildman–Crippen MR) is 90.3 cm³/mol. The molecule has 25 heavy (non-hydrogen) atoms.